The Morgan fingerprint density at radius 3 is 1.16 bits per heavy atom. The van der Waals surface area contributed by atoms with Crippen molar-refractivity contribution in [2.75, 3.05) is 6.54 Å². The summed E-state index contributed by atoms with van der Waals surface area (Å²) in [4.78, 5) is 9.24. The zero-order valence-corrected chi connectivity index (χ0v) is 11.5. The van der Waals surface area contributed by atoms with E-state index in [9.17, 15) is 4.79 Å². The molecule has 3 heteroatoms. The minimum atomic E-state index is -0.968. The number of aliphatic carboxylic acids is 1. The lowest BCUT2D eigenvalue weighted by atomic mass is 9.36. The van der Waals surface area contributed by atoms with E-state index >= 15 is 0 Å². The maximum absolute atomic E-state index is 9.24. The van der Waals surface area contributed by atoms with E-state index in [1.807, 2.05) is 0 Å². The summed E-state index contributed by atoms with van der Waals surface area (Å²) in [5, 5.41) is 7.60. The molecular formula is C16H25NO2. The summed E-state index contributed by atoms with van der Waals surface area (Å²) in [6, 6.07) is 0. The Kier molecular flexibility index (Phi) is 2.70. The molecular weight excluding hydrogens is 238 g/mol. The van der Waals surface area contributed by atoms with Crippen molar-refractivity contribution in [3.8, 4) is 0 Å². The highest BCUT2D eigenvalue weighted by molar-refractivity contribution is 5.68. The van der Waals surface area contributed by atoms with E-state index in [-0.39, 0.29) is 6.54 Å². The molecule has 0 unspecified atom stereocenters. The Balaban J connectivity index is 0.000000171. The molecule has 7 fully saturated rings. The van der Waals surface area contributed by atoms with Crippen LogP contribution in [-0.4, -0.2) is 17.6 Å². The standard InChI is InChI=1S/C14H20.C2H5NO2/c1-7-2-12-10-4-8-5-11(9(1)10)13(3-7)14(12)6-8;3-1-2(4)5/h7-14H,1-6H2;1,3H2,(H,4,5). The van der Waals surface area contributed by atoms with Gasteiger partial charge in [-0.2, -0.15) is 0 Å². The van der Waals surface area contributed by atoms with Crippen molar-refractivity contribution in [3.05, 3.63) is 0 Å². The summed E-state index contributed by atoms with van der Waals surface area (Å²) in [5.74, 6) is 8.77. The van der Waals surface area contributed by atoms with E-state index in [4.69, 9.17) is 5.11 Å². The fourth-order valence-electron chi connectivity index (χ4n) is 6.89. The Bertz CT molecular complexity index is 307. The monoisotopic (exact) mass is 263 g/mol. The normalized spacial score (nSPS) is 55.0. The van der Waals surface area contributed by atoms with Crippen LogP contribution in [0.15, 0.2) is 0 Å². The molecule has 0 aromatic carbocycles. The van der Waals surface area contributed by atoms with Crippen molar-refractivity contribution < 1.29 is 9.90 Å². The molecule has 0 spiro atoms. The fourth-order valence-corrected chi connectivity index (χ4v) is 6.89. The average molecular weight is 263 g/mol. The van der Waals surface area contributed by atoms with Crippen molar-refractivity contribution in [3.63, 3.8) is 0 Å². The first-order valence-electron chi connectivity index (χ1n) is 8.09. The molecule has 0 aliphatic heterocycles. The number of hydrogen-bond donors (Lipinski definition) is 2. The van der Waals surface area contributed by atoms with Crippen LogP contribution in [0.2, 0.25) is 0 Å². The Morgan fingerprint density at radius 2 is 1.00 bits per heavy atom. The van der Waals surface area contributed by atoms with Crippen LogP contribution in [0.4, 0.5) is 0 Å². The van der Waals surface area contributed by atoms with Gasteiger partial charge in [-0.3, -0.25) is 4.79 Å². The van der Waals surface area contributed by atoms with Gasteiger partial charge in [0.1, 0.15) is 0 Å². The number of nitrogens with two attached hydrogens (primary N) is 1. The predicted octanol–water partition coefficient (Wildman–Crippen LogP) is 2.35. The van der Waals surface area contributed by atoms with Gasteiger partial charge in [0, 0.05) is 0 Å². The Morgan fingerprint density at radius 1 is 0.789 bits per heavy atom. The quantitative estimate of drug-likeness (QED) is 0.763. The number of carboxylic acids is 1. The van der Waals surface area contributed by atoms with E-state index in [0.717, 1.165) is 0 Å². The van der Waals surface area contributed by atoms with Crippen LogP contribution in [0.5, 0.6) is 0 Å². The number of carbonyl (C=O) groups is 1. The van der Waals surface area contributed by atoms with Gasteiger partial charge in [-0.15, -0.1) is 0 Å². The van der Waals surface area contributed by atoms with Crippen LogP contribution < -0.4 is 5.73 Å². The summed E-state index contributed by atoms with van der Waals surface area (Å²) in [5.41, 5.74) is 4.57. The third kappa shape index (κ3) is 1.70. The van der Waals surface area contributed by atoms with Crippen LogP contribution in [0.3, 0.4) is 0 Å². The lowest BCUT2D eigenvalue weighted by Gasteiger charge is -2.69. The average Bonchev–Trinajstić information content (AvgIpc) is 2.44. The third-order valence-electron chi connectivity index (χ3n) is 7.11. The Hall–Kier alpha value is -0.570. The van der Waals surface area contributed by atoms with Crippen LogP contribution >= 0.6 is 0 Å². The second-order valence-corrected chi connectivity index (χ2v) is 7.73. The van der Waals surface area contributed by atoms with E-state index in [1.165, 1.54) is 47.3 Å². The van der Waals surface area contributed by atoms with Crippen LogP contribution in [0.1, 0.15) is 38.5 Å². The highest BCUT2D eigenvalue weighted by Gasteiger charge is 2.63. The predicted molar refractivity (Wildman–Crippen MR) is 72.3 cm³/mol. The van der Waals surface area contributed by atoms with E-state index in [0.29, 0.717) is 0 Å². The summed E-state index contributed by atoms with van der Waals surface area (Å²) in [6.07, 6.45) is 9.93. The molecule has 19 heavy (non-hydrogen) atoms. The van der Waals surface area contributed by atoms with E-state index in [2.05, 4.69) is 5.73 Å². The van der Waals surface area contributed by atoms with Crippen molar-refractivity contribution in [1.82, 2.24) is 0 Å². The van der Waals surface area contributed by atoms with Crippen LogP contribution in [0, 0.1) is 47.3 Å². The molecule has 7 rings (SSSR count). The molecule has 0 atom stereocenters. The molecule has 0 saturated heterocycles. The minimum absolute atomic E-state index is 0.278. The summed E-state index contributed by atoms with van der Waals surface area (Å²) in [6.45, 7) is -0.278. The van der Waals surface area contributed by atoms with E-state index in [1.54, 1.807) is 38.5 Å². The summed E-state index contributed by atoms with van der Waals surface area (Å²) in [7, 11) is 0. The molecule has 8 bridgehead atoms. The molecule has 0 radical (unpaired) electrons. The molecule has 0 heterocycles. The lowest BCUT2D eigenvalue weighted by molar-refractivity contribution is -0.202. The van der Waals surface area contributed by atoms with Gasteiger partial charge in [-0.05, 0) is 85.9 Å². The number of hydrogen-bond acceptors (Lipinski definition) is 2. The van der Waals surface area contributed by atoms with Crippen LogP contribution in [0.25, 0.3) is 0 Å². The van der Waals surface area contributed by atoms with Gasteiger partial charge < -0.3 is 10.8 Å². The van der Waals surface area contributed by atoms with Gasteiger partial charge in [0.25, 0.3) is 0 Å². The molecule has 0 aromatic rings. The lowest BCUT2D eigenvalue weighted by Crippen LogP contribution is -2.62. The molecule has 106 valence electrons. The van der Waals surface area contributed by atoms with Gasteiger partial charge in [0.2, 0.25) is 0 Å². The maximum atomic E-state index is 9.24. The largest absolute Gasteiger partial charge is 0.480 e. The topological polar surface area (TPSA) is 63.3 Å². The summed E-state index contributed by atoms with van der Waals surface area (Å²) >= 11 is 0. The molecule has 0 amide bonds. The molecule has 3 N–H and O–H groups in total. The number of carboxylic acid groups (broad SMARTS) is 1. The summed E-state index contributed by atoms with van der Waals surface area (Å²) < 4.78 is 0. The van der Waals surface area contributed by atoms with Crippen molar-refractivity contribution in [2.24, 2.45) is 53.1 Å². The molecule has 7 aliphatic carbocycles. The first kappa shape index (κ1) is 12.2. The smallest absolute Gasteiger partial charge is 0.317 e. The van der Waals surface area contributed by atoms with Crippen LogP contribution in [-0.2, 0) is 4.79 Å². The second-order valence-electron chi connectivity index (χ2n) is 7.73. The highest BCUT2D eigenvalue weighted by Crippen LogP contribution is 2.71. The molecule has 7 aliphatic rings. The van der Waals surface area contributed by atoms with Crippen molar-refractivity contribution in [1.29, 1.82) is 0 Å². The first-order chi connectivity index (χ1) is 9.17. The maximum Gasteiger partial charge on any atom is 0.317 e. The zero-order valence-electron chi connectivity index (χ0n) is 11.5. The van der Waals surface area contributed by atoms with Gasteiger partial charge in [0.15, 0.2) is 0 Å². The molecule has 0 aromatic heterocycles. The van der Waals surface area contributed by atoms with Crippen molar-refractivity contribution in [2.45, 2.75) is 38.5 Å². The number of rotatable bonds is 1. The highest BCUT2D eigenvalue weighted by atomic mass is 16.4. The SMILES string of the molecule is C1C2CC3C4CC5CC(C14)C(C2)C3C5.NCC(=O)O. The third-order valence-corrected chi connectivity index (χ3v) is 7.11. The first-order valence-corrected chi connectivity index (χ1v) is 8.09. The fraction of sp³-hybridized carbons (Fsp3) is 0.938. The molecule has 7 saturated carbocycles. The van der Waals surface area contributed by atoms with Crippen molar-refractivity contribution >= 4 is 5.97 Å². The minimum Gasteiger partial charge on any atom is -0.480 e. The van der Waals surface area contributed by atoms with Gasteiger partial charge in [-0.1, -0.05) is 0 Å². The van der Waals surface area contributed by atoms with Gasteiger partial charge in [-0.25, -0.2) is 0 Å². The van der Waals surface area contributed by atoms with Gasteiger partial charge >= 0.3 is 5.97 Å². The zero-order chi connectivity index (χ0) is 13.1. The van der Waals surface area contributed by atoms with E-state index < -0.39 is 5.97 Å². The molecule has 3 nitrogen and oxygen atoms in total. The van der Waals surface area contributed by atoms with Gasteiger partial charge in [0.05, 0.1) is 6.54 Å². The Labute approximate surface area is 114 Å². The second kappa shape index (κ2) is 4.21.